The third kappa shape index (κ3) is 2.79. The van der Waals surface area contributed by atoms with Gasteiger partial charge in [0.25, 0.3) is 0 Å². The molecule has 1 rings (SSSR count). The lowest BCUT2D eigenvalue weighted by Gasteiger charge is -2.13. The van der Waals surface area contributed by atoms with Crippen molar-refractivity contribution in [2.24, 2.45) is 0 Å². The van der Waals surface area contributed by atoms with E-state index in [9.17, 15) is 0 Å². The second-order valence-electron chi connectivity index (χ2n) is 2.91. The van der Waals surface area contributed by atoms with Crippen LogP contribution in [0.4, 0.5) is 0 Å². The molecule has 1 aromatic rings. The van der Waals surface area contributed by atoms with E-state index in [-0.39, 0.29) is 12.5 Å². The molecule has 0 unspecified atom stereocenters. The topological polar surface area (TPSA) is 60.8 Å². The van der Waals surface area contributed by atoms with E-state index < -0.39 is 0 Å². The maximum Gasteiger partial charge on any atom is 0.219 e. The summed E-state index contributed by atoms with van der Waals surface area (Å²) in [5.74, 6) is 1.62. The van der Waals surface area contributed by atoms with Crippen LogP contribution >= 0.6 is 0 Å². The second-order valence-corrected chi connectivity index (χ2v) is 2.91. The highest BCUT2D eigenvalue weighted by Gasteiger charge is 2.11. The van der Waals surface area contributed by atoms with Gasteiger partial charge in [0.1, 0.15) is 0 Å². The van der Waals surface area contributed by atoms with Crippen molar-refractivity contribution < 1.29 is 18.9 Å². The minimum Gasteiger partial charge on any atom is -0.493 e. The minimum absolute atomic E-state index is 0.0350. The summed E-state index contributed by atoms with van der Waals surface area (Å²) in [6, 6.07) is 5.31. The van der Waals surface area contributed by atoms with Crippen LogP contribution in [0.25, 0.3) is 0 Å². The molecule has 0 saturated carbocycles. The summed E-state index contributed by atoms with van der Waals surface area (Å²) in [7, 11) is 4.51. The molecule has 5 heteroatoms. The molecule has 0 radical (unpaired) electrons. The number of hydrogen-bond acceptors (Lipinski definition) is 5. The molecule has 5 nitrogen and oxygen atoms in total. The fourth-order valence-electron chi connectivity index (χ4n) is 1.16. The van der Waals surface area contributed by atoms with Gasteiger partial charge in [-0.1, -0.05) is 6.07 Å². The van der Waals surface area contributed by atoms with Crippen molar-refractivity contribution in [2.75, 3.05) is 27.9 Å². The van der Waals surface area contributed by atoms with Crippen LogP contribution in [0.15, 0.2) is 18.2 Å². The number of benzene rings is 1. The summed E-state index contributed by atoms with van der Waals surface area (Å²) < 4.78 is 20.4. The summed E-state index contributed by atoms with van der Waals surface area (Å²) in [5.41, 5.74) is 0. The third-order valence-electron chi connectivity index (χ3n) is 1.98. The molecule has 0 saturated heterocycles. The van der Waals surface area contributed by atoms with Crippen molar-refractivity contribution in [3.8, 4) is 17.2 Å². The van der Waals surface area contributed by atoms with Crippen LogP contribution in [-0.4, -0.2) is 33.8 Å². The average Bonchev–Trinajstić information content (AvgIpc) is 2.35. The Morgan fingerprint density at radius 2 is 1.69 bits per heavy atom. The number of para-hydroxylation sites is 1. The van der Waals surface area contributed by atoms with Gasteiger partial charge >= 0.3 is 0 Å². The van der Waals surface area contributed by atoms with Crippen molar-refractivity contribution in [1.82, 2.24) is 0 Å². The van der Waals surface area contributed by atoms with E-state index in [1.165, 1.54) is 7.11 Å². The summed E-state index contributed by atoms with van der Waals surface area (Å²) in [6.45, 7) is 0.0350. The summed E-state index contributed by atoms with van der Waals surface area (Å²) >= 11 is 0. The fraction of sp³-hybridized carbons (Fsp3) is 0.364. The second kappa shape index (κ2) is 5.85. The standard InChI is InChI=1S/C11H15NO4/c1-13-8-5-4-6-9(14-2)11(8)16-7-10(12)15-3/h4-6,12H,7H2,1-3H3. The Kier molecular flexibility index (Phi) is 4.44. The number of ether oxygens (including phenoxy) is 4. The molecule has 0 aliphatic heterocycles. The van der Waals surface area contributed by atoms with Crippen LogP contribution in [0.1, 0.15) is 0 Å². The lowest BCUT2D eigenvalue weighted by atomic mass is 10.3. The predicted octanol–water partition coefficient (Wildman–Crippen LogP) is 1.71. The van der Waals surface area contributed by atoms with E-state index >= 15 is 0 Å². The Balaban J connectivity index is 2.86. The zero-order valence-corrected chi connectivity index (χ0v) is 9.57. The van der Waals surface area contributed by atoms with Gasteiger partial charge in [-0.15, -0.1) is 0 Å². The zero-order chi connectivity index (χ0) is 12.0. The first-order chi connectivity index (χ1) is 7.72. The average molecular weight is 225 g/mol. The molecule has 0 fully saturated rings. The highest BCUT2D eigenvalue weighted by molar-refractivity contribution is 5.74. The predicted molar refractivity (Wildman–Crippen MR) is 59.8 cm³/mol. The van der Waals surface area contributed by atoms with E-state index in [0.717, 1.165) is 0 Å². The van der Waals surface area contributed by atoms with Gasteiger partial charge in [-0.25, -0.2) is 0 Å². The third-order valence-corrected chi connectivity index (χ3v) is 1.98. The van der Waals surface area contributed by atoms with Gasteiger partial charge in [0.05, 0.1) is 21.3 Å². The molecule has 0 spiro atoms. The Morgan fingerprint density at radius 1 is 1.12 bits per heavy atom. The van der Waals surface area contributed by atoms with Gasteiger partial charge < -0.3 is 18.9 Å². The first kappa shape index (κ1) is 12.2. The molecule has 0 aromatic heterocycles. The summed E-state index contributed by atoms with van der Waals surface area (Å²) in [4.78, 5) is 0. The van der Waals surface area contributed by atoms with Gasteiger partial charge in [-0.3, -0.25) is 5.41 Å². The van der Waals surface area contributed by atoms with Crippen LogP contribution < -0.4 is 14.2 Å². The van der Waals surface area contributed by atoms with Crippen LogP contribution in [0.3, 0.4) is 0 Å². The smallest absolute Gasteiger partial charge is 0.219 e. The molecular weight excluding hydrogens is 210 g/mol. The van der Waals surface area contributed by atoms with Crippen molar-refractivity contribution in [3.05, 3.63) is 18.2 Å². The number of methoxy groups -OCH3 is 3. The van der Waals surface area contributed by atoms with E-state index in [2.05, 4.69) is 0 Å². The maximum atomic E-state index is 7.31. The van der Waals surface area contributed by atoms with Crippen LogP contribution in [-0.2, 0) is 4.74 Å². The Morgan fingerprint density at radius 3 is 2.12 bits per heavy atom. The lowest BCUT2D eigenvalue weighted by Crippen LogP contribution is -2.12. The van der Waals surface area contributed by atoms with E-state index in [0.29, 0.717) is 17.2 Å². The Labute approximate surface area is 94.4 Å². The number of nitrogens with one attached hydrogen (secondary N) is 1. The maximum absolute atomic E-state index is 7.31. The largest absolute Gasteiger partial charge is 0.493 e. The van der Waals surface area contributed by atoms with Crippen LogP contribution in [0, 0.1) is 5.41 Å². The monoisotopic (exact) mass is 225 g/mol. The normalized spacial score (nSPS) is 9.44. The lowest BCUT2D eigenvalue weighted by molar-refractivity contribution is 0.279. The van der Waals surface area contributed by atoms with Crippen molar-refractivity contribution in [1.29, 1.82) is 5.41 Å². The molecule has 0 atom stereocenters. The van der Waals surface area contributed by atoms with Crippen molar-refractivity contribution in [2.45, 2.75) is 0 Å². The van der Waals surface area contributed by atoms with E-state index in [4.69, 9.17) is 24.4 Å². The van der Waals surface area contributed by atoms with Crippen LogP contribution in [0.5, 0.6) is 17.2 Å². The Bertz CT molecular complexity index is 343. The highest BCUT2D eigenvalue weighted by atomic mass is 16.6. The Hall–Kier alpha value is -1.91. The molecule has 0 aliphatic rings. The molecule has 0 aliphatic carbocycles. The SMILES string of the molecule is COC(=N)COc1c(OC)cccc1OC. The van der Waals surface area contributed by atoms with Crippen molar-refractivity contribution in [3.63, 3.8) is 0 Å². The van der Waals surface area contributed by atoms with Gasteiger partial charge in [-0.2, -0.15) is 0 Å². The molecule has 16 heavy (non-hydrogen) atoms. The van der Waals surface area contributed by atoms with Crippen LogP contribution in [0.2, 0.25) is 0 Å². The zero-order valence-electron chi connectivity index (χ0n) is 9.57. The molecule has 1 N–H and O–H groups in total. The molecule has 0 amide bonds. The first-order valence-corrected chi connectivity index (χ1v) is 4.68. The van der Waals surface area contributed by atoms with Gasteiger partial charge in [0.2, 0.25) is 11.6 Å². The van der Waals surface area contributed by atoms with Gasteiger partial charge in [-0.05, 0) is 12.1 Å². The quantitative estimate of drug-likeness (QED) is 0.612. The first-order valence-electron chi connectivity index (χ1n) is 4.68. The summed E-state index contributed by atoms with van der Waals surface area (Å²) in [6.07, 6.45) is 0. The summed E-state index contributed by atoms with van der Waals surface area (Å²) in [5, 5.41) is 7.31. The molecule has 0 bridgehead atoms. The van der Waals surface area contributed by atoms with Crippen molar-refractivity contribution >= 4 is 5.90 Å². The molecule has 88 valence electrons. The number of rotatable bonds is 5. The fourth-order valence-corrected chi connectivity index (χ4v) is 1.16. The van der Waals surface area contributed by atoms with E-state index in [1.807, 2.05) is 0 Å². The van der Waals surface area contributed by atoms with E-state index in [1.54, 1.807) is 32.4 Å². The minimum atomic E-state index is 0.0350. The molecule has 1 aromatic carbocycles. The molecule has 0 heterocycles. The highest BCUT2D eigenvalue weighted by Crippen LogP contribution is 2.36. The molecular formula is C11H15NO4. The van der Waals surface area contributed by atoms with Gasteiger partial charge in [0, 0.05) is 0 Å². The van der Waals surface area contributed by atoms with Gasteiger partial charge in [0.15, 0.2) is 18.1 Å². The number of hydrogen-bond donors (Lipinski definition) is 1.